The van der Waals surface area contributed by atoms with Gasteiger partial charge in [-0.3, -0.25) is 9.69 Å². The van der Waals surface area contributed by atoms with Crippen LogP contribution in [0.5, 0.6) is 0 Å². The van der Waals surface area contributed by atoms with Crippen molar-refractivity contribution in [1.29, 1.82) is 0 Å². The minimum atomic E-state index is -2.82. The number of para-hydroxylation sites is 2. The molecule has 5 rings (SSSR count). The number of carbonyl (C=O) groups is 3. The molecule has 0 spiro atoms. The Bertz CT molecular complexity index is 1270. The van der Waals surface area contributed by atoms with Crippen LogP contribution in [0.3, 0.4) is 0 Å². The molecule has 0 aromatic heterocycles. The topological polar surface area (TPSA) is 81.2 Å². The van der Waals surface area contributed by atoms with E-state index in [0.717, 1.165) is 11.3 Å². The maximum atomic E-state index is 14.3. The van der Waals surface area contributed by atoms with Crippen LogP contribution in [0.15, 0.2) is 54.6 Å². The summed E-state index contributed by atoms with van der Waals surface area (Å²) in [7, 11) is 0. The van der Waals surface area contributed by atoms with Crippen LogP contribution in [0.2, 0.25) is 0 Å². The molecule has 2 fully saturated rings. The van der Waals surface area contributed by atoms with E-state index in [1.165, 1.54) is 9.80 Å². The van der Waals surface area contributed by atoms with Gasteiger partial charge in [-0.25, -0.2) is 18.4 Å². The van der Waals surface area contributed by atoms with Crippen molar-refractivity contribution in [2.75, 3.05) is 22.9 Å². The molecule has 3 aliphatic rings. The number of rotatable bonds is 5. The second-order valence-corrected chi connectivity index (χ2v) is 12.1. The van der Waals surface area contributed by atoms with Crippen molar-refractivity contribution in [1.82, 2.24) is 4.90 Å². The molecule has 3 unspecified atom stereocenters. The quantitative estimate of drug-likeness (QED) is 0.487. The summed E-state index contributed by atoms with van der Waals surface area (Å²) in [6.07, 6.45) is 0.916. The Kier molecular flexibility index (Phi) is 7.59. The van der Waals surface area contributed by atoms with E-state index < -0.39 is 24.0 Å². The first-order valence-electron chi connectivity index (χ1n) is 14.1. The highest BCUT2D eigenvalue weighted by Crippen LogP contribution is 2.42. The Hall–Kier alpha value is -3.49. The van der Waals surface area contributed by atoms with Gasteiger partial charge in [-0.2, -0.15) is 0 Å². The number of carboxylic acid groups (broad SMARTS) is 1. The third-order valence-electron chi connectivity index (χ3n) is 8.70. The number of halogens is 2. The monoisotopic (exact) mass is 553 g/mol. The molecule has 0 bridgehead atoms. The van der Waals surface area contributed by atoms with Crippen molar-refractivity contribution in [3.8, 4) is 0 Å². The highest BCUT2D eigenvalue weighted by atomic mass is 19.3. The highest BCUT2D eigenvalue weighted by Gasteiger charge is 2.45. The number of urea groups is 1. The zero-order valence-corrected chi connectivity index (χ0v) is 23.1. The predicted octanol–water partition coefficient (Wildman–Crippen LogP) is 6.07. The average molecular weight is 554 g/mol. The van der Waals surface area contributed by atoms with Gasteiger partial charge in [-0.1, -0.05) is 50.2 Å². The van der Waals surface area contributed by atoms with Gasteiger partial charge in [-0.05, 0) is 55.4 Å². The number of aliphatic carboxylic acids is 1. The molecule has 7 nitrogen and oxygen atoms in total. The summed E-state index contributed by atoms with van der Waals surface area (Å²) in [4.78, 5) is 44.3. The smallest absolute Gasteiger partial charge is 0.326 e. The van der Waals surface area contributed by atoms with Gasteiger partial charge in [0.25, 0.3) is 0 Å². The molecule has 2 aromatic carbocycles. The molecule has 1 N–H and O–H groups in total. The zero-order valence-electron chi connectivity index (χ0n) is 23.1. The number of carbonyl (C=O) groups excluding carboxylic acids is 2. The van der Waals surface area contributed by atoms with Gasteiger partial charge in [0.05, 0.1) is 0 Å². The normalized spacial score (nSPS) is 25.2. The van der Waals surface area contributed by atoms with E-state index >= 15 is 0 Å². The number of fused-ring (bicyclic) bond motifs is 1. The lowest BCUT2D eigenvalue weighted by molar-refractivity contribution is -0.144. The standard InChI is InChI=1S/C31H37F2N3O4/c1-30(2)20-35(25-13-7-6-12-24(25)30)29(40)34-16-14-21(17-26(34)28(38)39)18-27(37)36(22-9-4-3-5-10-22)23-11-8-15-31(32,33)19-23/h3-7,9-10,12-13,21,23,26H,8,11,14-20H2,1-2H3,(H,38,39). The molecule has 40 heavy (non-hydrogen) atoms. The van der Waals surface area contributed by atoms with Gasteiger partial charge in [-0.15, -0.1) is 0 Å². The van der Waals surface area contributed by atoms with Crippen molar-refractivity contribution in [3.63, 3.8) is 0 Å². The molecule has 214 valence electrons. The number of hydrogen-bond donors (Lipinski definition) is 1. The summed E-state index contributed by atoms with van der Waals surface area (Å²) in [5.74, 6) is -4.49. The summed E-state index contributed by atoms with van der Waals surface area (Å²) >= 11 is 0. The average Bonchev–Trinajstić information content (AvgIpc) is 3.19. The molecule has 3 amide bonds. The van der Waals surface area contributed by atoms with Crippen LogP contribution in [-0.2, 0) is 15.0 Å². The van der Waals surface area contributed by atoms with Crippen LogP contribution in [0, 0.1) is 5.92 Å². The van der Waals surface area contributed by atoms with Crippen molar-refractivity contribution in [2.24, 2.45) is 5.92 Å². The number of alkyl halides is 2. The van der Waals surface area contributed by atoms with E-state index in [1.807, 2.05) is 30.3 Å². The molecule has 9 heteroatoms. The van der Waals surface area contributed by atoms with Crippen LogP contribution in [0.4, 0.5) is 25.0 Å². The van der Waals surface area contributed by atoms with Crippen LogP contribution in [0.25, 0.3) is 0 Å². The molecule has 2 aromatic rings. The molecule has 1 aliphatic carbocycles. The lowest BCUT2D eigenvalue weighted by Crippen LogP contribution is -2.55. The Morgan fingerprint density at radius 3 is 2.42 bits per heavy atom. The molecular weight excluding hydrogens is 516 g/mol. The summed E-state index contributed by atoms with van der Waals surface area (Å²) in [6, 6.07) is 14.5. The number of likely N-dealkylation sites (tertiary alicyclic amines) is 1. The van der Waals surface area contributed by atoms with Crippen molar-refractivity contribution in [3.05, 3.63) is 60.2 Å². The number of benzene rings is 2. The minimum absolute atomic E-state index is 0.0440. The zero-order chi connectivity index (χ0) is 28.7. The number of amides is 3. The van der Waals surface area contributed by atoms with Gasteiger partial charge in [0.15, 0.2) is 0 Å². The third-order valence-corrected chi connectivity index (χ3v) is 8.70. The van der Waals surface area contributed by atoms with E-state index in [-0.39, 0.29) is 55.5 Å². The maximum Gasteiger partial charge on any atom is 0.326 e. The first kappa shape index (κ1) is 28.1. The van der Waals surface area contributed by atoms with Gasteiger partial charge in [0, 0.05) is 55.2 Å². The van der Waals surface area contributed by atoms with Crippen molar-refractivity contribution < 1.29 is 28.3 Å². The lowest BCUT2D eigenvalue weighted by Gasteiger charge is -2.41. The first-order valence-corrected chi connectivity index (χ1v) is 14.1. The number of piperidine rings is 1. The van der Waals surface area contributed by atoms with E-state index in [1.54, 1.807) is 29.2 Å². The van der Waals surface area contributed by atoms with Gasteiger partial charge >= 0.3 is 12.0 Å². The van der Waals surface area contributed by atoms with Gasteiger partial charge in [0.1, 0.15) is 6.04 Å². The summed E-state index contributed by atoms with van der Waals surface area (Å²) in [5, 5.41) is 10.1. The Labute approximate surface area is 233 Å². The maximum absolute atomic E-state index is 14.3. The van der Waals surface area contributed by atoms with Gasteiger partial charge < -0.3 is 14.9 Å². The number of hydrogen-bond acceptors (Lipinski definition) is 3. The fourth-order valence-corrected chi connectivity index (χ4v) is 6.72. The van der Waals surface area contributed by atoms with Crippen LogP contribution in [-0.4, -0.2) is 59.0 Å². The van der Waals surface area contributed by atoms with Crippen molar-refractivity contribution >= 4 is 29.3 Å². The van der Waals surface area contributed by atoms with Crippen LogP contribution >= 0.6 is 0 Å². The van der Waals surface area contributed by atoms with Gasteiger partial charge in [0.2, 0.25) is 11.8 Å². The Morgan fingerprint density at radius 2 is 1.73 bits per heavy atom. The first-order chi connectivity index (χ1) is 19.0. The number of nitrogens with zero attached hydrogens (tertiary/aromatic N) is 3. The Balaban J connectivity index is 1.32. The highest BCUT2D eigenvalue weighted by molar-refractivity contribution is 5.97. The lowest BCUT2D eigenvalue weighted by atomic mass is 9.86. The summed E-state index contributed by atoms with van der Waals surface area (Å²) in [6.45, 7) is 4.78. The fraction of sp³-hybridized carbons (Fsp3) is 0.516. The Morgan fingerprint density at radius 1 is 1.02 bits per heavy atom. The fourth-order valence-electron chi connectivity index (χ4n) is 6.72. The molecular formula is C31H37F2N3O4. The van der Waals surface area contributed by atoms with E-state index in [2.05, 4.69) is 13.8 Å². The second kappa shape index (κ2) is 10.8. The predicted molar refractivity (Wildman–Crippen MR) is 149 cm³/mol. The van der Waals surface area contributed by atoms with Crippen molar-refractivity contribution in [2.45, 2.75) is 82.2 Å². The number of anilines is 2. The minimum Gasteiger partial charge on any atom is -0.480 e. The molecule has 0 radical (unpaired) electrons. The molecule has 3 atom stereocenters. The molecule has 1 saturated carbocycles. The summed E-state index contributed by atoms with van der Waals surface area (Å²) < 4.78 is 28.7. The van der Waals surface area contributed by atoms with E-state index in [9.17, 15) is 28.3 Å². The number of carboxylic acids is 1. The molecule has 1 saturated heterocycles. The SMILES string of the molecule is CC1(C)CN(C(=O)N2CCC(CC(=O)N(c3ccccc3)C3CCCC(F)(F)C3)CC2C(=O)O)c2ccccc21. The van der Waals surface area contributed by atoms with E-state index in [0.29, 0.717) is 31.5 Å². The second-order valence-electron chi connectivity index (χ2n) is 12.1. The largest absolute Gasteiger partial charge is 0.480 e. The third kappa shape index (κ3) is 5.56. The molecule has 2 aliphatic heterocycles. The van der Waals surface area contributed by atoms with Crippen LogP contribution in [0.1, 0.15) is 64.4 Å². The summed E-state index contributed by atoms with van der Waals surface area (Å²) in [5.41, 5.74) is 2.16. The van der Waals surface area contributed by atoms with Crippen LogP contribution < -0.4 is 9.80 Å². The molecule has 2 heterocycles. The van der Waals surface area contributed by atoms with E-state index in [4.69, 9.17) is 0 Å².